The van der Waals surface area contributed by atoms with Gasteiger partial charge in [-0.2, -0.15) is 0 Å². The van der Waals surface area contributed by atoms with Crippen molar-refractivity contribution < 1.29 is 5.11 Å². The molecule has 3 rings (SSSR count). The van der Waals surface area contributed by atoms with E-state index in [4.69, 9.17) is 16.6 Å². The van der Waals surface area contributed by atoms with Gasteiger partial charge in [0.25, 0.3) is 0 Å². The number of hydrogen-bond acceptors (Lipinski definition) is 2. The Hall–Kier alpha value is -2.20. The summed E-state index contributed by atoms with van der Waals surface area (Å²) >= 11 is 6.27. The van der Waals surface area contributed by atoms with Crippen LogP contribution in [0, 0.1) is 12.8 Å². The van der Waals surface area contributed by atoms with E-state index < -0.39 is 0 Å². The van der Waals surface area contributed by atoms with Crippen molar-refractivity contribution >= 4 is 23.2 Å². The molecule has 1 fully saturated rings. The van der Waals surface area contributed by atoms with Crippen LogP contribution in [0.15, 0.2) is 47.5 Å². The maximum absolute atomic E-state index is 9.64. The van der Waals surface area contributed by atoms with Gasteiger partial charge in [-0.3, -0.25) is 0 Å². The molecule has 0 heterocycles. The lowest BCUT2D eigenvalue weighted by Crippen LogP contribution is -2.35. The summed E-state index contributed by atoms with van der Waals surface area (Å²) in [6.07, 6.45) is 6.56. The van der Waals surface area contributed by atoms with Crippen molar-refractivity contribution in [2.45, 2.75) is 45.6 Å². The van der Waals surface area contributed by atoms with Gasteiger partial charge in [0.15, 0.2) is 5.96 Å². The van der Waals surface area contributed by atoms with E-state index in [-0.39, 0.29) is 5.75 Å². The average molecular weight is 386 g/mol. The van der Waals surface area contributed by atoms with E-state index in [1.165, 1.54) is 32.1 Å². The minimum atomic E-state index is 0.266. The number of hydrogen-bond donors (Lipinski definition) is 3. The van der Waals surface area contributed by atoms with Crippen LogP contribution in [0.2, 0.25) is 5.02 Å². The third-order valence-corrected chi connectivity index (χ3v) is 5.48. The fourth-order valence-corrected chi connectivity index (χ4v) is 3.67. The van der Waals surface area contributed by atoms with E-state index >= 15 is 0 Å². The second-order valence-corrected chi connectivity index (χ2v) is 7.67. The van der Waals surface area contributed by atoms with Gasteiger partial charge in [0.2, 0.25) is 0 Å². The molecule has 0 spiro atoms. The summed E-state index contributed by atoms with van der Waals surface area (Å²) in [5.74, 6) is 1.71. The number of phenols is 1. The number of guanidine groups is 1. The number of phenolic OH excluding ortho intramolecular Hbond substituents is 1. The molecule has 1 aliphatic rings. The number of nitrogens with one attached hydrogen (secondary N) is 2. The Balaban J connectivity index is 1.72. The molecule has 0 saturated heterocycles. The molecule has 0 atom stereocenters. The van der Waals surface area contributed by atoms with Crippen molar-refractivity contribution in [3.05, 3.63) is 58.6 Å². The molecule has 27 heavy (non-hydrogen) atoms. The van der Waals surface area contributed by atoms with E-state index in [1.54, 1.807) is 12.1 Å². The monoisotopic (exact) mass is 385 g/mol. The SMILES string of the molecule is Cc1cc(O)ccc1NC(=NCc1ccccc1Cl)NCC1CCCCC1. The van der Waals surface area contributed by atoms with Gasteiger partial charge in [0.05, 0.1) is 6.54 Å². The molecule has 5 heteroatoms. The first-order valence-electron chi connectivity index (χ1n) is 9.70. The molecular formula is C22H28ClN3O. The van der Waals surface area contributed by atoms with Gasteiger partial charge in [0.1, 0.15) is 5.75 Å². The summed E-state index contributed by atoms with van der Waals surface area (Å²) in [5.41, 5.74) is 2.90. The highest BCUT2D eigenvalue weighted by Crippen LogP contribution is 2.23. The lowest BCUT2D eigenvalue weighted by Gasteiger charge is -2.23. The third-order valence-electron chi connectivity index (χ3n) is 5.11. The lowest BCUT2D eigenvalue weighted by molar-refractivity contribution is 0.356. The molecule has 1 aliphatic carbocycles. The zero-order valence-electron chi connectivity index (χ0n) is 15.8. The molecule has 0 unspecified atom stereocenters. The molecule has 1 saturated carbocycles. The molecule has 0 aromatic heterocycles. The minimum Gasteiger partial charge on any atom is -0.508 e. The minimum absolute atomic E-state index is 0.266. The molecule has 2 aromatic carbocycles. The predicted octanol–water partition coefficient (Wildman–Crippen LogP) is 5.49. The Morgan fingerprint density at radius 1 is 1.15 bits per heavy atom. The predicted molar refractivity (Wildman–Crippen MR) is 114 cm³/mol. The van der Waals surface area contributed by atoms with Gasteiger partial charge in [-0.25, -0.2) is 4.99 Å². The van der Waals surface area contributed by atoms with Gasteiger partial charge in [-0.1, -0.05) is 49.1 Å². The number of benzene rings is 2. The Labute approximate surface area is 166 Å². The van der Waals surface area contributed by atoms with Gasteiger partial charge < -0.3 is 15.7 Å². The van der Waals surface area contributed by atoms with Crippen LogP contribution in [0.5, 0.6) is 5.75 Å². The molecule has 0 radical (unpaired) electrons. The topological polar surface area (TPSA) is 56.6 Å². The average Bonchev–Trinajstić information content (AvgIpc) is 2.67. The number of aliphatic imine (C=N–C) groups is 1. The number of aryl methyl sites for hydroxylation is 1. The zero-order chi connectivity index (χ0) is 19.1. The Morgan fingerprint density at radius 3 is 2.67 bits per heavy atom. The quantitative estimate of drug-likeness (QED) is 0.362. The summed E-state index contributed by atoms with van der Waals surface area (Å²) in [6, 6.07) is 13.1. The Morgan fingerprint density at radius 2 is 1.93 bits per heavy atom. The fraction of sp³-hybridized carbons (Fsp3) is 0.409. The van der Waals surface area contributed by atoms with Gasteiger partial charge in [-0.05, 0) is 61.1 Å². The number of nitrogens with zero attached hydrogens (tertiary/aromatic N) is 1. The number of halogens is 1. The standard InChI is InChI=1S/C22H28ClN3O/c1-16-13-19(27)11-12-21(16)26-22(24-14-17-7-3-2-4-8-17)25-15-18-9-5-6-10-20(18)23/h5-6,9-13,17,27H,2-4,7-8,14-15H2,1H3,(H2,24,25,26). The van der Waals surface area contributed by atoms with Crippen molar-refractivity contribution in [1.29, 1.82) is 0 Å². The second-order valence-electron chi connectivity index (χ2n) is 7.27. The zero-order valence-corrected chi connectivity index (χ0v) is 16.6. The molecular weight excluding hydrogens is 358 g/mol. The largest absolute Gasteiger partial charge is 0.508 e. The van der Waals surface area contributed by atoms with Crippen LogP contribution in [0.4, 0.5) is 5.69 Å². The van der Waals surface area contributed by atoms with E-state index in [9.17, 15) is 5.11 Å². The highest BCUT2D eigenvalue weighted by molar-refractivity contribution is 6.31. The van der Waals surface area contributed by atoms with E-state index in [0.29, 0.717) is 12.5 Å². The highest BCUT2D eigenvalue weighted by Gasteiger charge is 2.14. The maximum Gasteiger partial charge on any atom is 0.196 e. The first kappa shape index (κ1) is 19.6. The number of aromatic hydroxyl groups is 1. The van der Waals surface area contributed by atoms with Crippen LogP contribution in [0.1, 0.15) is 43.2 Å². The third kappa shape index (κ3) is 5.90. The van der Waals surface area contributed by atoms with Crippen molar-refractivity contribution in [3.8, 4) is 5.75 Å². The number of rotatable bonds is 5. The van der Waals surface area contributed by atoms with Gasteiger partial charge in [0, 0.05) is 17.3 Å². The fourth-order valence-electron chi connectivity index (χ4n) is 3.48. The van der Waals surface area contributed by atoms with Crippen LogP contribution in [0.3, 0.4) is 0 Å². The lowest BCUT2D eigenvalue weighted by atomic mass is 9.89. The second kappa shape index (κ2) is 9.65. The first-order chi connectivity index (χ1) is 13.1. The van der Waals surface area contributed by atoms with E-state index in [1.807, 2.05) is 37.3 Å². The molecule has 0 aliphatic heterocycles. The molecule has 0 bridgehead atoms. The van der Waals surface area contributed by atoms with E-state index in [2.05, 4.69) is 10.6 Å². The summed E-state index contributed by atoms with van der Waals surface area (Å²) in [4.78, 5) is 4.75. The van der Waals surface area contributed by atoms with Crippen LogP contribution in [-0.2, 0) is 6.54 Å². The Kier molecular flexibility index (Phi) is 6.99. The Bertz CT molecular complexity index is 785. The molecule has 2 aromatic rings. The molecule has 0 amide bonds. The summed E-state index contributed by atoms with van der Waals surface area (Å²) in [7, 11) is 0. The first-order valence-corrected chi connectivity index (χ1v) is 10.1. The smallest absolute Gasteiger partial charge is 0.196 e. The van der Waals surface area contributed by atoms with Crippen molar-refractivity contribution in [2.24, 2.45) is 10.9 Å². The van der Waals surface area contributed by atoms with Gasteiger partial charge in [-0.15, -0.1) is 0 Å². The highest BCUT2D eigenvalue weighted by atomic mass is 35.5. The van der Waals surface area contributed by atoms with Gasteiger partial charge >= 0.3 is 0 Å². The molecule has 144 valence electrons. The maximum atomic E-state index is 9.64. The van der Waals surface area contributed by atoms with E-state index in [0.717, 1.165) is 34.3 Å². The van der Waals surface area contributed by atoms with Crippen molar-refractivity contribution in [3.63, 3.8) is 0 Å². The summed E-state index contributed by atoms with van der Waals surface area (Å²) in [6.45, 7) is 3.40. The summed E-state index contributed by atoms with van der Waals surface area (Å²) < 4.78 is 0. The van der Waals surface area contributed by atoms with Crippen LogP contribution in [0.25, 0.3) is 0 Å². The van der Waals surface area contributed by atoms with Crippen LogP contribution in [-0.4, -0.2) is 17.6 Å². The normalized spacial score (nSPS) is 15.6. The molecule has 3 N–H and O–H groups in total. The van der Waals surface area contributed by atoms with Crippen molar-refractivity contribution in [2.75, 3.05) is 11.9 Å². The van der Waals surface area contributed by atoms with Crippen molar-refractivity contribution in [1.82, 2.24) is 5.32 Å². The molecule has 4 nitrogen and oxygen atoms in total. The van der Waals surface area contributed by atoms with Crippen LogP contribution < -0.4 is 10.6 Å². The summed E-state index contributed by atoms with van der Waals surface area (Å²) in [5, 5.41) is 17.3. The number of anilines is 1. The van der Waals surface area contributed by atoms with Crippen LogP contribution >= 0.6 is 11.6 Å².